The van der Waals surface area contributed by atoms with Crippen molar-refractivity contribution >= 4 is 28.2 Å². The molecule has 11 heteroatoms. The molecule has 0 aliphatic heterocycles. The van der Waals surface area contributed by atoms with Crippen molar-refractivity contribution in [3.8, 4) is 23.1 Å². The van der Waals surface area contributed by atoms with Crippen LogP contribution >= 0.6 is 0 Å². The van der Waals surface area contributed by atoms with Crippen LogP contribution in [-0.2, 0) is 11.8 Å². The molecule has 1 amide bonds. The second-order valence-electron chi connectivity index (χ2n) is 10.5. The molecule has 3 heterocycles. The SMILES string of the molecule is COCCOc1cc2nccc(Oc3ccc(NC(=O)c4c(C)n(C)c(C)c(C5=CCCCC5)c4=O)cc3F)c2nc1OC. The average molecular weight is 603 g/mol. The number of carbonyl (C=O) groups excluding carboxylic acids is 1. The van der Waals surface area contributed by atoms with E-state index >= 15 is 4.39 Å². The summed E-state index contributed by atoms with van der Waals surface area (Å²) in [6.07, 6.45) is 7.39. The van der Waals surface area contributed by atoms with Crippen molar-refractivity contribution in [3.63, 3.8) is 0 Å². The molecule has 0 unspecified atom stereocenters. The summed E-state index contributed by atoms with van der Waals surface area (Å²) in [6.45, 7) is 4.30. The fourth-order valence-corrected chi connectivity index (χ4v) is 5.30. The Morgan fingerprint density at radius 1 is 1.05 bits per heavy atom. The molecule has 1 aliphatic rings. The Bertz CT molecular complexity index is 1820. The Labute approximate surface area is 254 Å². The first kappa shape index (κ1) is 30.7. The maximum atomic E-state index is 15.3. The molecule has 0 bridgehead atoms. The minimum absolute atomic E-state index is 0.0363. The number of carbonyl (C=O) groups is 1. The van der Waals surface area contributed by atoms with Crippen LogP contribution in [-0.4, -0.2) is 47.9 Å². The van der Waals surface area contributed by atoms with Gasteiger partial charge >= 0.3 is 0 Å². The summed E-state index contributed by atoms with van der Waals surface area (Å²) >= 11 is 0. The lowest BCUT2D eigenvalue weighted by atomic mass is 9.91. The number of fused-ring (bicyclic) bond motifs is 1. The average Bonchev–Trinajstić information content (AvgIpc) is 3.02. The molecule has 0 atom stereocenters. The summed E-state index contributed by atoms with van der Waals surface area (Å²) < 4.78 is 39.1. The first-order chi connectivity index (χ1) is 21.2. The number of nitrogens with zero attached hydrogens (tertiary/aromatic N) is 3. The van der Waals surface area contributed by atoms with Crippen molar-refractivity contribution in [2.45, 2.75) is 39.5 Å². The van der Waals surface area contributed by atoms with E-state index in [9.17, 15) is 9.59 Å². The van der Waals surface area contributed by atoms with Crippen LogP contribution in [0, 0.1) is 19.7 Å². The fraction of sp³-hybridized carbons (Fsp3) is 0.333. The Kier molecular flexibility index (Phi) is 9.24. The second kappa shape index (κ2) is 13.3. The van der Waals surface area contributed by atoms with Gasteiger partial charge in [0.15, 0.2) is 23.1 Å². The zero-order valence-electron chi connectivity index (χ0n) is 25.5. The second-order valence-corrected chi connectivity index (χ2v) is 10.5. The molecule has 0 radical (unpaired) electrons. The molecule has 4 aromatic rings. The number of hydrogen-bond donors (Lipinski definition) is 1. The van der Waals surface area contributed by atoms with Gasteiger partial charge in [-0.25, -0.2) is 9.37 Å². The Balaban J connectivity index is 1.40. The molecule has 0 fully saturated rings. The van der Waals surface area contributed by atoms with Gasteiger partial charge in [-0.05, 0) is 57.2 Å². The molecular formula is C33H35FN4O6. The highest BCUT2D eigenvalue weighted by molar-refractivity contribution is 6.05. The third-order valence-electron chi connectivity index (χ3n) is 7.78. The lowest BCUT2D eigenvalue weighted by Gasteiger charge is -2.20. The Hall–Kier alpha value is -4.77. The van der Waals surface area contributed by atoms with E-state index in [4.69, 9.17) is 18.9 Å². The zero-order chi connectivity index (χ0) is 31.4. The number of hydrogen-bond acceptors (Lipinski definition) is 8. The molecular weight excluding hydrogens is 567 g/mol. The molecule has 0 saturated carbocycles. The highest BCUT2D eigenvalue weighted by atomic mass is 19.1. The van der Waals surface area contributed by atoms with Crippen molar-refractivity contribution in [3.05, 3.63) is 81.2 Å². The quantitative estimate of drug-likeness (QED) is 0.216. The molecule has 230 valence electrons. The predicted molar refractivity (Wildman–Crippen MR) is 165 cm³/mol. The predicted octanol–water partition coefficient (Wildman–Crippen LogP) is 6.12. The number of pyridine rings is 3. The van der Waals surface area contributed by atoms with Crippen molar-refractivity contribution in [1.29, 1.82) is 0 Å². The summed E-state index contributed by atoms with van der Waals surface area (Å²) in [5, 5.41) is 2.69. The minimum atomic E-state index is -0.721. The fourth-order valence-electron chi connectivity index (χ4n) is 5.30. The monoisotopic (exact) mass is 602 g/mol. The van der Waals surface area contributed by atoms with Crippen molar-refractivity contribution in [1.82, 2.24) is 14.5 Å². The highest BCUT2D eigenvalue weighted by Crippen LogP contribution is 2.35. The summed E-state index contributed by atoms with van der Waals surface area (Å²) in [5.74, 6) is -0.573. The van der Waals surface area contributed by atoms with Gasteiger partial charge < -0.3 is 28.8 Å². The van der Waals surface area contributed by atoms with Gasteiger partial charge in [-0.3, -0.25) is 14.6 Å². The van der Waals surface area contributed by atoms with Gasteiger partial charge in [0.2, 0.25) is 5.43 Å². The number of nitrogens with one attached hydrogen (secondary N) is 1. The van der Waals surface area contributed by atoms with Crippen LogP contribution in [0.2, 0.25) is 0 Å². The Morgan fingerprint density at radius 3 is 2.57 bits per heavy atom. The maximum Gasteiger partial charge on any atom is 0.261 e. The van der Waals surface area contributed by atoms with E-state index in [2.05, 4.69) is 21.4 Å². The van der Waals surface area contributed by atoms with Crippen LogP contribution in [0.5, 0.6) is 23.1 Å². The third kappa shape index (κ3) is 6.14. The number of allylic oxidation sites excluding steroid dienone is 2. The number of ether oxygens (including phenoxy) is 4. The number of rotatable bonds is 10. The van der Waals surface area contributed by atoms with E-state index in [0.29, 0.717) is 41.3 Å². The maximum absolute atomic E-state index is 15.3. The number of aromatic nitrogens is 3. The molecule has 44 heavy (non-hydrogen) atoms. The third-order valence-corrected chi connectivity index (χ3v) is 7.78. The first-order valence-electron chi connectivity index (χ1n) is 14.4. The number of methoxy groups -OCH3 is 2. The smallest absolute Gasteiger partial charge is 0.261 e. The molecule has 0 saturated heterocycles. The first-order valence-corrected chi connectivity index (χ1v) is 14.4. The summed E-state index contributed by atoms with van der Waals surface area (Å²) in [6, 6.07) is 7.27. The standard InChI is InChI=1S/C33H35FN4O6/c1-19-28(21-9-7-6-8-10-21)31(39)29(20(2)38(19)3)32(40)36-22-11-12-25(23(34)17-22)44-26-13-14-35-24-18-27(43-16-15-41-4)33(42-5)37-30(24)26/h9,11-14,17-18H,6-8,10,15-16H2,1-5H3,(H,36,40). The van der Waals surface area contributed by atoms with E-state index in [1.165, 1.54) is 25.4 Å². The lowest BCUT2D eigenvalue weighted by molar-refractivity contribution is 0.102. The topological polar surface area (TPSA) is 114 Å². The number of amides is 1. The molecule has 1 aromatic carbocycles. The molecule has 5 rings (SSSR count). The number of anilines is 1. The van der Waals surface area contributed by atoms with Crippen molar-refractivity contribution in [2.24, 2.45) is 7.05 Å². The van der Waals surface area contributed by atoms with E-state index < -0.39 is 11.7 Å². The molecule has 10 nitrogen and oxygen atoms in total. The van der Waals surface area contributed by atoms with E-state index in [0.717, 1.165) is 43.0 Å². The summed E-state index contributed by atoms with van der Waals surface area (Å²) in [4.78, 5) is 35.8. The van der Waals surface area contributed by atoms with Gasteiger partial charge in [0.05, 0.1) is 19.2 Å². The molecule has 1 N–H and O–H groups in total. The van der Waals surface area contributed by atoms with E-state index in [1.807, 2.05) is 18.5 Å². The van der Waals surface area contributed by atoms with Gasteiger partial charge in [-0.15, -0.1) is 0 Å². The highest BCUT2D eigenvalue weighted by Gasteiger charge is 2.24. The van der Waals surface area contributed by atoms with Gasteiger partial charge in [0.25, 0.3) is 11.8 Å². The minimum Gasteiger partial charge on any atom is -0.485 e. The lowest BCUT2D eigenvalue weighted by Crippen LogP contribution is -2.29. The molecule has 1 aliphatic carbocycles. The van der Waals surface area contributed by atoms with Gasteiger partial charge in [-0.2, -0.15) is 0 Å². The van der Waals surface area contributed by atoms with Crippen LogP contribution in [0.15, 0.2) is 47.4 Å². The van der Waals surface area contributed by atoms with Crippen LogP contribution in [0.4, 0.5) is 10.1 Å². The summed E-state index contributed by atoms with van der Waals surface area (Å²) in [5.41, 5.74) is 3.59. The van der Waals surface area contributed by atoms with Crippen molar-refractivity contribution in [2.75, 3.05) is 32.8 Å². The zero-order valence-corrected chi connectivity index (χ0v) is 25.5. The van der Waals surface area contributed by atoms with E-state index in [1.54, 1.807) is 26.2 Å². The van der Waals surface area contributed by atoms with E-state index in [-0.39, 0.29) is 34.1 Å². The van der Waals surface area contributed by atoms with Crippen LogP contribution in [0.25, 0.3) is 16.6 Å². The van der Waals surface area contributed by atoms with Crippen molar-refractivity contribution < 1.29 is 28.1 Å². The summed E-state index contributed by atoms with van der Waals surface area (Å²) in [7, 11) is 4.87. The number of halogens is 1. The van der Waals surface area contributed by atoms with Gasteiger partial charge in [-0.1, -0.05) is 6.08 Å². The largest absolute Gasteiger partial charge is 0.485 e. The van der Waals surface area contributed by atoms with Gasteiger partial charge in [0, 0.05) is 61.2 Å². The van der Waals surface area contributed by atoms with Crippen LogP contribution in [0.3, 0.4) is 0 Å². The normalized spacial score (nSPS) is 13.0. The van der Waals surface area contributed by atoms with Crippen LogP contribution < -0.4 is 25.0 Å². The molecule has 0 spiro atoms. The Morgan fingerprint density at radius 2 is 1.86 bits per heavy atom. The van der Waals surface area contributed by atoms with Gasteiger partial charge in [0.1, 0.15) is 17.7 Å². The molecule has 3 aromatic heterocycles. The number of benzene rings is 1. The van der Waals surface area contributed by atoms with Crippen LogP contribution in [0.1, 0.15) is 53.0 Å².